The van der Waals surface area contributed by atoms with E-state index in [1.54, 1.807) is 0 Å². The predicted molar refractivity (Wildman–Crippen MR) is 102 cm³/mol. The lowest BCUT2D eigenvalue weighted by Gasteiger charge is -2.29. The molecule has 0 bridgehead atoms. The van der Waals surface area contributed by atoms with Crippen molar-refractivity contribution in [3.8, 4) is 0 Å². The van der Waals surface area contributed by atoms with Gasteiger partial charge >= 0.3 is 5.97 Å². The summed E-state index contributed by atoms with van der Waals surface area (Å²) in [5.74, 6) is 0.353. The summed E-state index contributed by atoms with van der Waals surface area (Å²) >= 11 is 0. The lowest BCUT2D eigenvalue weighted by molar-refractivity contribution is -0.898. The first-order valence-electron chi connectivity index (χ1n) is 9.78. The van der Waals surface area contributed by atoms with Crippen molar-refractivity contribution in [2.45, 2.75) is 45.6 Å². The minimum absolute atomic E-state index is 0.0581. The third-order valence-electron chi connectivity index (χ3n) is 5.57. The number of nitrogens with one attached hydrogen (secondary N) is 2. The number of rotatable bonds is 8. The number of quaternary nitrogens is 1. The van der Waals surface area contributed by atoms with Gasteiger partial charge in [-0.25, -0.2) is 4.79 Å². The average molecular weight is 362 g/mol. The number of esters is 1. The molecule has 26 heavy (non-hydrogen) atoms. The Kier molecular flexibility index (Phi) is 8.10. The lowest BCUT2D eigenvalue weighted by atomic mass is 9.90. The van der Waals surface area contributed by atoms with Crippen molar-refractivity contribution in [1.82, 2.24) is 5.32 Å². The molecule has 144 valence electrons. The summed E-state index contributed by atoms with van der Waals surface area (Å²) in [4.78, 5) is 25.6. The van der Waals surface area contributed by atoms with Crippen LogP contribution in [0, 0.1) is 11.8 Å². The van der Waals surface area contributed by atoms with Crippen LogP contribution in [0.2, 0.25) is 0 Å². The van der Waals surface area contributed by atoms with Crippen LogP contribution in [0.4, 0.5) is 0 Å². The summed E-state index contributed by atoms with van der Waals surface area (Å²) in [6.45, 7) is 6.43. The Morgan fingerprint density at radius 3 is 2.46 bits per heavy atom. The number of methoxy groups -OCH3 is 1. The second-order valence-corrected chi connectivity index (χ2v) is 7.51. The number of carbonyl (C=O) groups is 2. The monoisotopic (exact) mass is 361 g/mol. The Morgan fingerprint density at radius 2 is 1.88 bits per heavy atom. The molecule has 0 aliphatic carbocycles. The highest BCUT2D eigenvalue weighted by Gasteiger charge is 2.29. The van der Waals surface area contributed by atoms with E-state index in [1.807, 2.05) is 13.8 Å². The maximum atomic E-state index is 12.4. The lowest BCUT2D eigenvalue weighted by Crippen LogP contribution is -3.14. The number of carbonyl (C=O) groups excluding carboxylic acids is 2. The topological polar surface area (TPSA) is 59.8 Å². The number of benzene rings is 1. The number of likely N-dealkylation sites (tertiary alicyclic amines) is 1. The van der Waals surface area contributed by atoms with E-state index in [9.17, 15) is 9.59 Å². The molecule has 1 aromatic carbocycles. The average Bonchev–Trinajstić information content (AvgIpc) is 2.67. The molecule has 1 heterocycles. The molecule has 0 unspecified atom stereocenters. The maximum absolute atomic E-state index is 12.4. The minimum atomic E-state index is -0.549. The van der Waals surface area contributed by atoms with Crippen LogP contribution < -0.4 is 10.2 Å². The SMILES string of the molecule is CC[C@H](C)[C@@H](NC(=O)C[NH+]1CCC(Cc2ccccc2)CC1)C(=O)OC. The molecular formula is C21H33N2O3+. The molecular weight excluding hydrogens is 328 g/mol. The second kappa shape index (κ2) is 10.3. The largest absolute Gasteiger partial charge is 0.467 e. The molecule has 0 aromatic heterocycles. The van der Waals surface area contributed by atoms with Crippen molar-refractivity contribution in [1.29, 1.82) is 0 Å². The second-order valence-electron chi connectivity index (χ2n) is 7.51. The van der Waals surface area contributed by atoms with Crippen LogP contribution in [0.5, 0.6) is 0 Å². The Labute approximate surface area is 157 Å². The number of piperidine rings is 1. The zero-order chi connectivity index (χ0) is 18.9. The molecule has 1 fully saturated rings. The van der Waals surface area contributed by atoms with Crippen LogP contribution in [0.15, 0.2) is 30.3 Å². The zero-order valence-corrected chi connectivity index (χ0v) is 16.3. The van der Waals surface area contributed by atoms with Gasteiger partial charge in [-0.15, -0.1) is 0 Å². The molecule has 2 rings (SSSR count). The summed E-state index contributed by atoms with van der Waals surface area (Å²) < 4.78 is 4.84. The van der Waals surface area contributed by atoms with Crippen molar-refractivity contribution in [2.24, 2.45) is 11.8 Å². The van der Waals surface area contributed by atoms with Gasteiger partial charge in [0.1, 0.15) is 6.04 Å². The molecule has 0 saturated carbocycles. The molecule has 0 spiro atoms. The molecule has 2 N–H and O–H groups in total. The minimum Gasteiger partial charge on any atom is -0.467 e. The van der Waals surface area contributed by atoms with Gasteiger partial charge < -0.3 is 15.0 Å². The van der Waals surface area contributed by atoms with Crippen LogP contribution >= 0.6 is 0 Å². The molecule has 2 atom stereocenters. The standard InChI is InChI=1S/C21H32N2O3/c1-4-16(2)20(21(25)26-3)22-19(24)15-23-12-10-18(11-13-23)14-17-8-6-5-7-9-17/h5-9,16,18,20H,4,10-15H2,1-3H3,(H,22,24)/p+1/t16-,20+/m0/s1. The van der Waals surface area contributed by atoms with Gasteiger partial charge in [0, 0.05) is 0 Å². The highest BCUT2D eigenvalue weighted by molar-refractivity contribution is 5.85. The van der Waals surface area contributed by atoms with Gasteiger partial charge in [0.2, 0.25) is 0 Å². The smallest absolute Gasteiger partial charge is 0.328 e. The van der Waals surface area contributed by atoms with Crippen LogP contribution in [0.1, 0.15) is 38.7 Å². The number of ether oxygens (including phenoxy) is 1. The molecule has 1 aliphatic rings. The van der Waals surface area contributed by atoms with E-state index in [0.717, 1.165) is 38.8 Å². The number of hydrogen-bond donors (Lipinski definition) is 2. The molecule has 1 amide bonds. The fourth-order valence-corrected chi connectivity index (χ4v) is 3.66. The molecule has 1 aromatic rings. The van der Waals surface area contributed by atoms with Crippen molar-refractivity contribution in [2.75, 3.05) is 26.7 Å². The predicted octanol–water partition coefficient (Wildman–Crippen LogP) is 1.23. The fraction of sp³-hybridized carbons (Fsp3) is 0.619. The third kappa shape index (κ3) is 6.13. The summed E-state index contributed by atoms with van der Waals surface area (Å²) in [5.41, 5.74) is 1.40. The van der Waals surface area contributed by atoms with Gasteiger partial charge in [-0.2, -0.15) is 0 Å². The maximum Gasteiger partial charge on any atom is 0.328 e. The van der Waals surface area contributed by atoms with Gasteiger partial charge in [-0.1, -0.05) is 50.6 Å². The van der Waals surface area contributed by atoms with Gasteiger partial charge in [0.25, 0.3) is 5.91 Å². The first-order chi connectivity index (χ1) is 12.5. The molecule has 5 nitrogen and oxygen atoms in total. The van der Waals surface area contributed by atoms with Crippen LogP contribution in [0.3, 0.4) is 0 Å². The van der Waals surface area contributed by atoms with Crippen molar-refractivity contribution >= 4 is 11.9 Å². The van der Waals surface area contributed by atoms with Crippen LogP contribution in [0.25, 0.3) is 0 Å². The summed E-state index contributed by atoms with van der Waals surface area (Å²) in [6, 6.07) is 10.1. The van der Waals surface area contributed by atoms with Crippen molar-refractivity contribution in [3.63, 3.8) is 0 Å². The van der Waals surface area contributed by atoms with Gasteiger partial charge in [0.05, 0.1) is 20.2 Å². The summed E-state index contributed by atoms with van der Waals surface area (Å²) in [6.07, 6.45) is 4.23. The Bertz CT molecular complexity index is 568. The van der Waals surface area contributed by atoms with Crippen molar-refractivity contribution < 1.29 is 19.2 Å². The first kappa shape index (κ1) is 20.4. The normalized spacial score (nSPS) is 22.3. The number of hydrogen-bond acceptors (Lipinski definition) is 3. The van der Waals surface area contributed by atoms with E-state index >= 15 is 0 Å². The summed E-state index contributed by atoms with van der Waals surface area (Å²) in [7, 11) is 1.37. The third-order valence-corrected chi connectivity index (χ3v) is 5.57. The van der Waals surface area contributed by atoms with Crippen molar-refractivity contribution in [3.05, 3.63) is 35.9 Å². The molecule has 5 heteroatoms. The van der Waals surface area contributed by atoms with E-state index in [2.05, 4.69) is 35.6 Å². The van der Waals surface area contributed by atoms with Gasteiger partial charge in [-0.05, 0) is 36.7 Å². The van der Waals surface area contributed by atoms with E-state index in [0.29, 0.717) is 12.5 Å². The Morgan fingerprint density at radius 1 is 1.23 bits per heavy atom. The molecule has 0 radical (unpaired) electrons. The number of amides is 1. The van der Waals surface area contributed by atoms with Crippen LogP contribution in [-0.4, -0.2) is 44.7 Å². The first-order valence-corrected chi connectivity index (χ1v) is 9.78. The Hall–Kier alpha value is -1.88. The van der Waals surface area contributed by atoms with E-state index in [-0.39, 0.29) is 17.8 Å². The van der Waals surface area contributed by atoms with E-state index in [1.165, 1.54) is 17.6 Å². The van der Waals surface area contributed by atoms with Gasteiger partial charge in [0.15, 0.2) is 6.54 Å². The zero-order valence-electron chi connectivity index (χ0n) is 16.3. The molecule has 1 aliphatic heterocycles. The fourth-order valence-electron chi connectivity index (χ4n) is 3.66. The summed E-state index contributed by atoms with van der Waals surface area (Å²) in [5, 5.41) is 2.88. The highest BCUT2D eigenvalue weighted by Crippen LogP contribution is 2.16. The molecule has 1 saturated heterocycles. The quantitative estimate of drug-likeness (QED) is 0.685. The Balaban J connectivity index is 1.77. The van der Waals surface area contributed by atoms with Gasteiger partial charge in [-0.3, -0.25) is 4.79 Å². The van der Waals surface area contributed by atoms with E-state index in [4.69, 9.17) is 4.74 Å². The van der Waals surface area contributed by atoms with E-state index < -0.39 is 6.04 Å². The van der Waals surface area contributed by atoms with Crippen LogP contribution in [-0.2, 0) is 20.7 Å². The highest BCUT2D eigenvalue weighted by atomic mass is 16.5.